The van der Waals surface area contributed by atoms with Crippen LogP contribution in [0.4, 0.5) is 0 Å². The molecule has 0 radical (unpaired) electrons. The van der Waals surface area contributed by atoms with Gasteiger partial charge < -0.3 is 10.4 Å². The lowest BCUT2D eigenvalue weighted by molar-refractivity contribution is -0.141. The van der Waals surface area contributed by atoms with Gasteiger partial charge in [0.25, 0.3) is 5.91 Å². The summed E-state index contributed by atoms with van der Waals surface area (Å²) < 4.78 is 0. The van der Waals surface area contributed by atoms with Gasteiger partial charge in [-0.25, -0.2) is 4.79 Å². The monoisotopic (exact) mass is 276 g/mol. The van der Waals surface area contributed by atoms with Crippen molar-refractivity contribution in [3.05, 3.63) is 29.6 Å². The first-order valence-electron chi connectivity index (χ1n) is 7.05. The molecule has 1 fully saturated rings. The van der Waals surface area contributed by atoms with E-state index in [-0.39, 0.29) is 5.92 Å². The Bertz CT molecular complexity index is 496. The molecule has 0 aliphatic heterocycles. The van der Waals surface area contributed by atoms with Crippen LogP contribution >= 0.6 is 0 Å². The molecule has 5 heteroatoms. The van der Waals surface area contributed by atoms with E-state index in [2.05, 4.69) is 10.3 Å². The molecule has 1 atom stereocenters. The maximum Gasteiger partial charge on any atom is 0.326 e. The number of carbonyl (C=O) groups is 2. The van der Waals surface area contributed by atoms with E-state index in [1.165, 1.54) is 6.20 Å². The second kappa shape index (κ2) is 6.50. The first kappa shape index (κ1) is 14.5. The van der Waals surface area contributed by atoms with Crippen molar-refractivity contribution in [1.29, 1.82) is 0 Å². The van der Waals surface area contributed by atoms with E-state index >= 15 is 0 Å². The van der Waals surface area contributed by atoms with Crippen LogP contribution in [0.25, 0.3) is 0 Å². The average Bonchev–Trinajstić information content (AvgIpc) is 2.45. The molecule has 0 spiro atoms. The minimum absolute atomic E-state index is 0.0224. The average molecular weight is 276 g/mol. The maximum atomic E-state index is 12.2. The molecule has 1 unspecified atom stereocenters. The molecule has 0 saturated heterocycles. The third kappa shape index (κ3) is 3.35. The van der Waals surface area contributed by atoms with Gasteiger partial charge in [-0.05, 0) is 37.3 Å². The summed E-state index contributed by atoms with van der Waals surface area (Å²) in [5.41, 5.74) is 1.05. The molecule has 1 heterocycles. The highest BCUT2D eigenvalue weighted by molar-refractivity contribution is 5.96. The molecule has 108 valence electrons. The Morgan fingerprint density at radius 3 is 2.65 bits per heavy atom. The lowest BCUT2D eigenvalue weighted by Gasteiger charge is -2.28. The summed E-state index contributed by atoms with van der Waals surface area (Å²) in [6, 6.07) is 2.73. The first-order chi connectivity index (χ1) is 9.59. The summed E-state index contributed by atoms with van der Waals surface area (Å²) in [5.74, 6) is -1.34. The smallest absolute Gasteiger partial charge is 0.326 e. The zero-order valence-electron chi connectivity index (χ0n) is 11.6. The molecular formula is C15H20N2O3. The second-order valence-corrected chi connectivity index (χ2v) is 5.36. The Kier molecular flexibility index (Phi) is 4.71. The van der Waals surface area contributed by atoms with Gasteiger partial charge in [0.05, 0.1) is 0 Å². The molecule has 5 nitrogen and oxygen atoms in total. The maximum absolute atomic E-state index is 12.2. The Morgan fingerprint density at radius 1 is 1.35 bits per heavy atom. The van der Waals surface area contributed by atoms with Crippen LogP contribution in [0.3, 0.4) is 0 Å². The Balaban J connectivity index is 2.10. The topological polar surface area (TPSA) is 79.3 Å². The number of aryl methyl sites for hydroxylation is 1. The summed E-state index contributed by atoms with van der Waals surface area (Å²) in [4.78, 5) is 27.6. The molecule has 1 aromatic heterocycles. The molecule has 0 bridgehead atoms. The second-order valence-electron chi connectivity index (χ2n) is 5.36. The number of hydrogen-bond acceptors (Lipinski definition) is 3. The van der Waals surface area contributed by atoms with Crippen LogP contribution < -0.4 is 5.32 Å². The molecule has 1 saturated carbocycles. The number of carboxylic acid groups (broad SMARTS) is 1. The highest BCUT2D eigenvalue weighted by Crippen LogP contribution is 2.26. The Hall–Kier alpha value is -1.91. The predicted octanol–water partition coefficient (Wildman–Crippen LogP) is 2.15. The van der Waals surface area contributed by atoms with E-state index in [1.54, 1.807) is 19.1 Å². The zero-order valence-corrected chi connectivity index (χ0v) is 11.6. The summed E-state index contributed by atoms with van der Waals surface area (Å²) >= 11 is 0. The van der Waals surface area contributed by atoms with Crippen LogP contribution in [-0.4, -0.2) is 28.0 Å². The number of hydrogen-bond donors (Lipinski definition) is 2. The van der Waals surface area contributed by atoms with Crippen LogP contribution in [-0.2, 0) is 4.79 Å². The molecule has 0 aromatic carbocycles. The van der Waals surface area contributed by atoms with Gasteiger partial charge >= 0.3 is 5.97 Å². The molecule has 1 aromatic rings. The third-order valence-electron chi connectivity index (χ3n) is 3.90. The molecule has 1 aliphatic rings. The molecule has 2 rings (SSSR count). The number of amides is 1. The highest BCUT2D eigenvalue weighted by atomic mass is 16.4. The first-order valence-corrected chi connectivity index (χ1v) is 7.05. The quantitative estimate of drug-likeness (QED) is 0.883. The zero-order chi connectivity index (χ0) is 14.5. The molecular weight excluding hydrogens is 256 g/mol. The Morgan fingerprint density at radius 2 is 2.05 bits per heavy atom. The highest BCUT2D eigenvalue weighted by Gasteiger charge is 2.31. The molecule has 2 N–H and O–H groups in total. The number of carbonyl (C=O) groups excluding carboxylic acids is 1. The third-order valence-corrected chi connectivity index (χ3v) is 3.90. The van der Waals surface area contributed by atoms with E-state index in [0.717, 1.165) is 37.7 Å². The van der Waals surface area contributed by atoms with Crippen molar-refractivity contribution in [1.82, 2.24) is 10.3 Å². The number of carboxylic acids is 1. The Labute approximate surface area is 118 Å². The number of pyridine rings is 1. The molecule has 1 aliphatic carbocycles. The van der Waals surface area contributed by atoms with Gasteiger partial charge in [0.1, 0.15) is 11.7 Å². The van der Waals surface area contributed by atoms with Gasteiger partial charge in [-0.15, -0.1) is 0 Å². The summed E-state index contributed by atoms with van der Waals surface area (Å²) in [7, 11) is 0. The van der Waals surface area contributed by atoms with E-state index in [9.17, 15) is 14.7 Å². The normalized spacial score (nSPS) is 17.4. The van der Waals surface area contributed by atoms with E-state index < -0.39 is 17.9 Å². The number of aliphatic carboxylic acids is 1. The van der Waals surface area contributed by atoms with E-state index in [4.69, 9.17) is 0 Å². The molecule has 20 heavy (non-hydrogen) atoms. The number of nitrogens with zero attached hydrogens (tertiary/aromatic N) is 1. The fourth-order valence-corrected chi connectivity index (χ4v) is 2.78. The van der Waals surface area contributed by atoms with Gasteiger partial charge in [0, 0.05) is 6.20 Å². The van der Waals surface area contributed by atoms with Crippen LogP contribution in [0.1, 0.15) is 48.2 Å². The van der Waals surface area contributed by atoms with Crippen molar-refractivity contribution in [3.8, 4) is 0 Å². The lowest BCUT2D eigenvalue weighted by Crippen LogP contribution is -2.46. The van der Waals surface area contributed by atoms with Crippen molar-refractivity contribution in [2.24, 2.45) is 5.92 Å². The van der Waals surface area contributed by atoms with Crippen molar-refractivity contribution in [3.63, 3.8) is 0 Å². The van der Waals surface area contributed by atoms with Crippen molar-refractivity contribution in [2.75, 3.05) is 0 Å². The lowest BCUT2D eigenvalue weighted by atomic mass is 9.84. The van der Waals surface area contributed by atoms with Gasteiger partial charge in [-0.2, -0.15) is 0 Å². The van der Waals surface area contributed by atoms with Crippen LogP contribution in [0.15, 0.2) is 18.3 Å². The van der Waals surface area contributed by atoms with Gasteiger partial charge in [-0.3, -0.25) is 9.78 Å². The van der Waals surface area contributed by atoms with Crippen molar-refractivity contribution >= 4 is 11.9 Å². The predicted molar refractivity (Wildman–Crippen MR) is 74.4 cm³/mol. The molecule has 1 amide bonds. The number of aromatic nitrogens is 1. The minimum Gasteiger partial charge on any atom is -0.480 e. The summed E-state index contributed by atoms with van der Waals surface area (Å²) in [6.45, 7) is 1.79. The number of nitrogens with one attached hydrogen (secondary N) is 1. The van der Waals surface area contributed by atoms with Gasteiger partial charge in [0.2, 0.25) is 0 Å². The van der Waals surface area contributed by atoms with Gasteiger partial charge in [0.15, 0.2) is 0 Å². The van der Waals surface area contributed by atoms with Crippen LogP contribution in [0.2, 0.25) is 0 Å². The summed E-state index contributed by atoms with van der Waals surface area (Å²) in [5, 5.41) is 12.0. The van der Waals surface area contributed by atoms with E-state index in [0.29, 0.717) is 5.69 Å². The van der Waals surface area contributed by atoms with Crippen LogP contribution in [0.5, 0.6) is 0 Å². The van der Waals surface area contributed by atoms with Crippen molar-refractivity contribution in [2.45, 2.75) is 45.1 Å². The summed E-state index contributed by atoms with van der Waals surface area (Å²) in [6.07, 6.45) is 6.48. The van der Waals surface area contributed by atoms with Crippen molar-refractivity contribution < 1.29 is 14.7 Å². The van der Waals surface area contributed by atoms with Crippen LogP contribution in [0, 0.1) is 12.8 Å². The van der Waals surface area contributed by atoms with Gasteiger partial charge in [-0.1, -0.05) is 25.3 Å². The fraction of sp³-hybridized carbons (Fsp3) is 0.533. The minimum atomic E-state index is -0.959. The van der Waals surface area contributed by atoms with E-state index in [1.807, 2.05) is 0 Å². The standard InChI is InChI=1S/C15H20N2O3/c1-10-6-5-9-16-12(10)14(18)17-13(15(19)20)11-7-3-2-4-8-11/h5-6,9,11,13H,2-4,7-8H2,1H3,(H,17,18)(H,19,20). The largest absolute Gasteiger partial charge is 0.480 e. The fourth-order valence-electron chi connectivity index (χ4n) is 2.78. The SMILES string of the molecule is Cc1cccnc1C(=O)NC(C(=O)O)C1CCCCC1. The number of rotatable bonds is 4.